The number of hydrogen-bond acceptors (Lipinski definition) is 5. The lowest BCUT2D eigenvalue weighted by atomic mass is 10.2. The van der Waals surface area contributed by atoms with Crippen molar-refractivity contribution >= 4 is 22.2 Å². The van der Waals surface area contributed by atoms with Crippen LogP contribution in [0.4, 0.5) is 0 Å². The lowest BCUT2D eigenvalue weighted by molar-refractivity contribution is 0.397. The number of nitrogens with zero attached hydrogens (tertiary/aromatic N) is 3. The smallest absolute Gasteiger partial charge is 0.297 e. The average Bonchev–Trinajstić information content (AvgIpc) is 2.86. The molecule has 0 saturated carbocycles. The van der Waals surface area contributed by atoms with Gasteiger partial charge in [-0.25, -0.2) is 4.98 Å². The van der Waals surface area contributed by atoms with Gasteiger partial charge in [0.1, 0.15) is 5.52 Å². The highest BCUT2D eigenvalue weighted by Crippen LogP contribution is 2.28. The molecule has 0 amide bonds. The molecule has 0 N–H and O–H groups in total. The standard InChI is InChI=1S/C15H17N3O3/c1-4-5-6-18-8-16-12-11-9(2)7-10(20-3)17-14(11)21-13(12)15(18)19/h7-8H,4-6H2,1-3H3. The molecule has 3 heterocycles. The lowest BCUT2D eigenvalue weighted by Gasteiger charge is -2.02. The molecule has 3 rings (SSSR count). The van der Waals surface area contributed by atoms with E-state index in [4.69, 9.17) is 9.15 Å². The van der Waals surface area contributed by atoms with Gasteiger partial charge < -0.3 is 9.15 Å². The van der Waals surface area contributed by atoms with Crippen LogP contribution in [0.3, 0.4) is 0 Å². The first-order valence-corrected chi connectivity index (χ1v) is 6.99. The van der Waals surface area contributed by atoms with E-state index < -0.39 is 0 Å². The molecule has 0 aliphatic carbocycles. The highest BCUT2D eigenvalue weighted by molar-refractivity contribution is 6.02. The van der Waals surface area contributed by atoms with Gasteiger partial charge in [-0.1, -0.05) is 13.3 Å². The van der Waals surface area contributed by atoms with Crippen molar-refractivity contribution in [2.24, 2.45) is 0 Å². The summed E-state index contributed by atoms with van der Waals surface area (Å²) in [4.78, 5) is 21.1. The second-order valence-corrected chi connectivity index (χ2v) is 5.04. The highest BCUT2D eigenvalue weighted by atomic mass is 16.5. The maximum atomic E-state index is 12.4. The predicted octanol–water partition coefficient (Wildman–Crippen LogP) is 2.65. The molecule has 0 atom stereocenters. The summed E-state index contributed by atoms with van der Waals surface area (Å²) in [5.74, 6) is 0.463. The van der Waals surface area contributed by atoms with Crippen molar-refractivity contribution < 1.29 is 9.15 Å². The molecule has 0 unspecified atom stereocenters. The van der Waals surface area contributed by atoms with E-state index in [0.29, 0.717) is 23.7 Å². The Bertz CT molecular complexity index is 864. The average molecular weight is 287 g/mol. The van der Waals surface area contributed by atoms with Gasteiger partial charge >= 0.3 is 0 Å². The van der Waals surface area contributed by atoms with Gasteiger partial charge in [0, 0.05) is 12.6 Å². The molecular formula is C15H17N3O3. The van der Waals surface area contributed by atoms with Crippen LogP contribution in [0.5, 0.6) is 5.88 Å². The van der Waals surface area contributed by atoms with Crippen molar-refractivity contribution in [1.29, 1.82) is 0 Å². The third-order valence-corrected chi connectivity index (χ3v) is 3.55. The van der Waals surface area contributed by atoms with Gasteiger partial charge in [-0.2, -0.15) is 4.98 Å². The summed E-state index contributed by atoms with van der Waals surface area (Å²) in [5, 5.41) is 0.769. The molecule has 6 heteroatoms. The first-order valence-electron chi connectivity index (χ1n) is 6.99. The number of aromatic nitrogens is 3. The van der Waals surface area contributed by atoms with Crippen molar-refractivity contribution in [3.05, 3.63) is 28.3 Å². The van der Waals surface area contributed by atoms with Crippen LogP contribution < -0.4 is 10.3 Å². The fraction of sp³-hybridized carbons (Fsp3) is 0.400. The van der Waals surface area contributed by atoms with Crippen LogP contribution >= 0.6 is 0 Å². The number of ether oxygens (including phenoxy) is 1. The number of hydrogen-bond donors (Lipinski definition) is 0. The fourth-order valence-corrected chi connectivity index (χ4v) is 2.41. The van der Waals surface area contributed by atoms with Gasteiger partial charge in [-0.05, 0) is 18.9 Å². The molecule has 0 aliphatic rings. The van der Waals surface area contributed by atoms with Crippen molar-refractivity contribution in [3.63, 3.8) is 0 Å². The number of pyridine rings is 1. The van der Waals surface area contributed by atoms with E-state index in [9.17, 15) is 4.79 Å². The molecule has 21 heavy (non-hydrogen) atoms. The summed E-state index contributed by atoms with van der Waals surface area (Å²) in [7, 11) is 1.55. The number of furan rings is 1. The minimum Gasteiger partial charge on any atom is -0.481 e. The summed E-state index contributed by atoms with van der Waals surface area (Å²) in [6.07, 6.45) is 3.53. The molecule has 110 valence electrons. The molecule has 0 saturated heterocycles. The zero-order valence-corrected chi connectivity index (χ0v) is 12.3. The summed E-state index contributed by atoms with van der Waals surface area (Å²) in [6.45, 7) is 4.65. The van der Waals surface area contributed by atoms with E-state index in [-0.39, 0.29) is 11.1 Å². The number of fused-ring (bicyclic) bond motifs is 3. The van der Waals surface area contributed by atoms with Gasteiger partial charge in [0.15, 0.2) is 0 Å². The van der Waals surface area contributed by atoms with E-state index in [1.165, 1.54) is 0 Å². The Kier molecular flexibility index (Phi) is 3.37. The van der Waals surface area contributed by atoms with Crippen molar-refractivity contribution in [2.75, 3.05) is 7.11 Å². The van der Waals surface area contributed by atoms with Gasteiger partial charge in [-0.3, -0.25) is 9.36 Å². The van der Waals surface area contributed by atoms with Gasteiger partial charge in [0.25, 0.3) is 5.56 Å². The monoisotopic (exact) mass is 287 g/mol. The van der Waals surface area contributed by atoms with Crippen LogP contribution in [-0.4, -0.2) is 21.6 Å². The second-order valence-electron chi connectivity index (χ2n) is 5.04. The summed E-state index contributed by atoms with van der Waals surface area (Å²) < 4.78 is 12.4. The maximum absolute atomic E-state index is 12.4. The molecule has 0 aliphatic heterocycles. The quantitative estimate of drug-likeness (QED) is 0.737. The topological polar surface area (TPSA) is 70.2 Å². The molecule has 0 bridgehead atoms. The molecule has 0 aromatic carbocycles. The van der Waals surface area contributed by atoms with Crippen molar-refractivity contribution in [3.8, 4) is 5.88 Å². The molecule has 0 fully saturated rings. The third kappa shape index (κ3) is 2.16. The second kappa shape index (κ2) is 5.20. The molecule has 3 aromatic heterocycles. The molecule has 3 aromatic rings. The van der Waals surface area contributed by atoms with Gasteiger partial charge in [0.2, 0.25) is 17.2 Å². The summed E-state index contributed by atoms with van der Waals surface area (Å²) >= 11 is 0. The number of methoxy groups -OCH3 is 1. The SMILES string of the molecule is CCCCn1cnc2c(oc3nc(OC)cc(C)c32)c1=O. The Morgan fingerprint density at radius 1 is 1.43 bits per heavy atom. The summed E-state index contributed by atoms with van der Waals surface area (Å²) in [5.41, 5.74) is 1.97. The van der Waals surface area contributed by atoms with E-state index in [1.54, 1.807) is 18.0 Å². The first kappa shape index (κ1) is 13.6. The Balaban J connectivity index is 2.28. The Morgan fingerprint density at radius 2 is 2.24 bits per heavy atom. The van der Waals surface area contributed by atoms with E-state index in [1.807, 2.05) is 13.0 Å². The van der Waals surface area contributed by atoms with E-state index in [0.717, 1.165) is 23.8 Å². The largest absolute Gasteiger partial charge is 0.481 e. The first-order chi connectivity index (χ1) is 10.2. The molecule has 6 nitrogen and oxygen atoms in total. The van der Waals surface area contributed by atoms with Crippen molar-refractivity contribution in [2.45, 2.75) is 33.2 Å². The lowest BCUT2D eigenvalue weighted by Crippen LogP contribution is -2.19. The number of aryl methyl sites for hydroxylation is 2. The molecule has 0 spiro atoms. The van der Waals surface area contributed by atoms with Crippen LogP contribution in [0.2, 0.25) is 0 Å². The highest BCUT2D eigenvalue weighted by Gasteiger charge is 2.17. The zero-order chi connectivity index (χ0) is 15.0. The predicted molar refractivity (Wildman–Crippen MR) is 79.8 cm³/mol. The Morgan fingerprint density at radius 3 is 2.95 bits per heavy atom. The van der Waals surface area contributed by atoms with Crippen LogP contribution in [0.1, 0.15) is 25.3 Å². The van der Waals surface area contributed by atoms with Crippen molar-refractivity contribution in [1.82, 2.24) is 14.5 Å². The third-order valence-electron chi connectivity index (χ3n) is 3.55. The van der Waals surface area contributed by atoms with Gasteiger partial charge in [0.05, 0.1) is 18.8 Å². The van der Waals surface area contributed by atoms with Crippen LogP contribution in [0, 0.1) is 6.92 Å². The summed E-state index contributed by atoms with van der Waals surface area (Å²) in [6, 6.07) is 1.81. The van der Waals surface area contributed by atoms with E-state index >= 15 is 0 Å². The minimum absolute atomic E-state index is 0.162. The number of unbranched alkanes of at least 4 members (excludes halogenated alkanes) is 1. The molecule has 0 radical (unpaired) electrons. The van der Waals surface area contributed by atoms with Gasteiger partial charge in [-0.15, -0.1) is 0 Å². The van der Waals surface area contributed by atoms with Crippen LogP contribution in [0.25, 0.3) is 22.2 Å². The minimum atomic E-state index is -0.162. The normalized spacial score (nSPS) is 11.4. The van der Waals surface area contributed by atoms with Crippen LogP contribution in [-0.2, 0) is 6.54 Å². The maximum Gasteiger partial charge on any atom is 0.297 e. The fourth-order valence-electron chi connectivity index (χ4n) is 2.41. The Hall–Kier alpha value is -2.37. The molecular weight excluding hydrogens is 270 g/mol. The van der Waals surface area contributed by atoms with Crippen LogP contribution in [0.15, 0.2) is 21.6 Å². The number of rotatable bonds is 4. The zero-order valence-electron chi connectivity index (χ0n) is 12.3. The van der Waals surface area contributed by atoms with E-state index in [2.05, 4.69) is 16.9 Å². The Labute approximate surface area is 121 Å².